The molecule has 1 rings (SSSR count). The molecular weight excluding hydrogens is 240 g/mol. The van der Waals surface area contributed by atoms with Gasteiger partial charge < -0.3 is 11.1 Å². The fourth-order valence-electron chi connectivity index (χ4n) is 1.27. The van der Waals surface area contributed by atoms with Gasteiger partial charge in [-0.3, -0.25) is 0 Å². The Kier molecular flexibility index (Phi) is 4.28. The van der Waals surface area contributed by atoms with Crippen molar-refractivity contribution in [1.29, 1.82) is 0 Å². The molecule has 96 valence electrons. The minimum absolute atomic E-state index is 0.0673. The van der Waals surface area contributed by atoms with Crippen LogP contribution < -0.4 is 11.1 Å². The molecule has 0 unspecified atom stereocenters. The lowest BCUT2D eigenvalue weighted by atomic mass is 10.3. The van der Waals surface area contributed by atoms with E-state index >= 15 is 0 Å². The molecule has 0 saturated carbocycles. The fraction of sp³-hybridized carbons (Fsp3) is 0.600. The van der Waals surface area contributed by atoms with Crippen molar-refractivity contribution in [1.82, 2.24) is 9.97 Å². The van der Waals surface area contributed by atoms with Crippen molar-refractivity contribution in [3.63, 3.8) is 0 Å². The molecule has 1 aromatic rings. The first kappa shape index (κ1) is 13.7. The number of hydrogen-bond donors (Lipinski definition) is 2. The number of aromatic nitrogens is 2. The first-order valence-corrected chi connectivity index (χ1v) is 7.44. The standard InChI is InChI=1S/C10H18N4O2S/c1-4-8-13-9(11)7(2)10(14-8)12-5-6-17(3,15)16/h4-6H2,1-3H3,(H3,11,12,13,14). The van der Waals surface area contributed by atoms with Gasteiger partial charge in [0.05, 0.1) is 5.75 Å². The zero-order valence-electron chi connectivity index (χ0n) is 10.3. The number of nitrogen functional groups attached to an aromatic ring is 1. The van der Waals surface area contributed by atoms with Crippen LogP contribution in [0.2, 0.25) is 0 Å². The number of aryl methyl sites for hydroxylation is 1. The third-order valence-electron chi connectivity index (χ3n) is 2.31. The first-order chi connectivity index (χ1) is 7.83. The van der Waals surface area contributed by atoms with Crippen LogP contribution in [0.25, 0.3) is 0 Å². The van der Waals surface area contributed by atoms with Gasteiger partial charge in [-0.05, 0) is 6.92 Å². The molecule has 1 heterocycles. The SMILES string of the molecule is CCc1nc(N)c(C)c(NCCS(C)(=O)=O)n1. The molecule has 0 radical (unpaired) electrons. The molecule has 0 aliphatic rings. The van der Waals surface area contributed by atoms with Gasteiger partial charge in [-0.25, -0.2) is 18.4 Å². The molecule has 0 aliphatic heterocycles. The van der Waals surface area contributed by atoms with E-state index in [1.807, 2.05) is 6.92 Å². The number of nitrogens with zero attached hydrogens (tertiary/aromatic N) is 2. The Balaban J connectivity index is 2.80. The molecule has 17 heavy (non-hydrogen) atoms. The molecular formula is C10H18N4O2S. The molecule has 7 heteroatoms. The number of nitrogens with two attached hydrogens (primary N) is 1. The Hall–Kier alpha value is -1.37. The summed E-state index contributed by atoms with van der Waals surface area (Å²) in [4.78, 5) is 8.39. The number of hydrogen-bond acceptors (Lipinski definition) is 6. The van der Waals surface area contributed by atoms with Crippen molar-refractivity contribution in [2.75, 3.05) is 29.6 Å². The summed E-state index contributed by atoms with van der Waals surface area (Å²) in [6, 6.07) is 0. The summed E-state index contributed by atoms with van der Waals surface area (Å²) in [5.74, 6) is 1.75. The van der Waals surface area contributed by atoms with Gasteiger partial charge in [0.2, 0.25) is 0 Å². The molecule has 0 aliphatic carbocycles. The summed E-state index contributed by atoms with van der Waals surface area (Å²) in [5.41, 5.74) is 6.49. The summed E-state index contributed by atoms with van der Waals surface area (Å²) < 4.78 is 22.0. The van der Waals surface area contributed by atoms with Crippen LogP contribution in [0.5, 0.6) is 0 Å². The largest absolute Gasteiger partial charge is 0.383 e. The van der Waals surface area contributed by atoms with Gasteiger partial charge in [0.25, 0.3) is 0 Å². The van der Waals surface area contributed by atoms with Gasteiger partial charge in [0.1, 0.15) is 27.3 Å². The monoisotopic (exact) mass is 258 g/mol. The predicted octanol–water partition coefficient (Wildman–Crippen LogP) is 0.386. The van der Waals surface area contributed by atoms with Gasteiger partial charge in [-0.15, -0.1) is 0 Å². The van der Waals surface area contributed by atoms with Crippen LogP contribution in [0, 0.1) is 6.92 Å². The molecule has 1 aromatic heterocycles. The lowest BCUT2D eigenvalue weighted by Crippen LogP contribution is -2.16. The highest BCUT2D eigenvalue weighted by Crippen LogP contribution is 2.17. The maximum Gasteiger partial charge on any atom is 0.149 e. The zero-order valence-corrected chi connectivity index (χ0v) is 11.1. The summed E-state index contributed by atoms with van der Waals surface area (Å²) in [5, 5.41) is 2.97. The predicted molar refractivity (Wildman–Crippen MR) is 68.8 cm³/mol. The van der Waals surface area contributed by atoms with Crippen molar-refractivity contribution in [2.24, 2.45) is 0 Å². The summed E-state index contributed by atoms with van der Waals surface area (Å²) in [6.07, 6.45) is 1.89. The van der Waals surface area contributed by atoms with Crippen molar-refractivity contribution in [2.45, 2.75) is 20.3 Å². The number of nitrogens with one attached hydrogen (secondary N) is 1. The van der Waals surface area contributed by atoms with Crippen LogP contribution in [0.1, 0.15) is 18.3 Å². The second kappa shape index (κ2) is 5.31. The third-order valence-corrected chi connectivity index (χ3v) is 3.26. The summed E-state index contributed by atoms with van der Waals surface area (Å²) in [7, 11) is -2.97. The molecule has 0 bridgehead atoms. The average molecular weight is 258 g/mol. The molecule has 0 fully saturated rings. The van der Waals surface area contributed by atoms with Crippen LogP contribution in [-0.4, -0.2) is 36.9 Å². The Morgan fingerprint density at radius 1 is 1.35 bits per heavy atom. The van der Waals surface area contributed by atoms with Gasteiger partial charge in [-0.1, -0.05) is 6.92 Å². The lowest BCUT2D eigenvalue weighted by Gasteiger charge is -2.10. The van der Waals surface area contributed by atoms with Crippen molar-refractivity contribution in [3.05, 3.63) is 11.4 Å². The highest BCUT2D eigenvalue weighted by molar-refractivity contribution is 7.90. The molecule has 0 saturated heterocycles. The average Bonchev–Trinajstić information content (AvgIpc) is 2.22. The van der Waals surface area contributed by atoms with Crippen molar-refractivity contribution >= 4 is 21.5 Å². The summed E-state index contributed by atoms with van der Waals surface area (Å²) in [6.45, 7) is 4.06. The zero-order chi connectivity index (χ0) is 13.1. The number of anilines is 2. The first-order valence-electron chi connectivity index (χ1n) is 5.38. The molecule has 0 amide bonds. The molecule has 0 atom stereocenters. The quantitative estimate of drug-likeness (QED) is 0.792. The van der Waals surface area contributed by atoms with E-state index in [4.69, 9.17) is 5.73 Å². The van der Waals surface area contributed by atoms with Crippen LogP contribution in [0.4, 0.5) is 11.6 Å². The maximum absolute atomic E-state index is 11.0. The lowest BCUT2D eigenvalue weighted by molar-refractivity contribution is 0.602. The van der Waals surface area contributed by atoms with E-state index < -0.39 is 9.84 Å². The van der Waals surface area contributed by atoms with E-state index in [-0.39, 0.29) is 5.75 Å². The molecule has 0 spiro atoms. The van der Waals surface area contributed by atoms with Crippen molar-refractivity contribution < 1.29 is 8.42 Å². The second-order valence-electron chi connectivity index (χ2n) is 3.91. The van der Waals surface area contributed by atoms with Crippen LogP contribution in [-0.2, 0) is 16.3 Å². The van der Waals surface area contributed by atoms with Crippen LogP contribution in [0.3, 0.4) is 0 Å². The molecule has 0 aromatic carbocycles. The fourth-order valence-corrected chi connectivity index (χ4v) is 1.74. The van der Waals surface area contributed by atoms with Gasteiger partial charge in [0, 0.05) is 24.8 Å². The number of sulfone groups is 1. The van der Waals surface area contributed by atoms with E-state index in [1.165, 1.54) is 6.26 Å². The minimum Gasteiger partial charge on any atom is -0.383 e. The van der Waals surface area contributed by atoms with E-state index in [1.54, 1.807) is 6.92 Å². The third kappa shape index (κ3) is 4.18. The van der Waals surface area contributed by atoms with Crippen LogP contribution >= 0.6 is 0 Å². The Labute approximate surface area is 102 Å². The Morgan fingerprint density at radius 3 is 2.53 bits per heavy atom. The van der Waals surface area contributed by atoms with Crippen LogP contribution in [0.15, 0.2) is 0 Å². The smallest absolute Gasteiger partial charge is 0.149 e. The maximum atomic E-state index is 11.0. The van der Waals surface area contributed by atoms with E-state index in [0.717, 1.165) is 5.56 Å². The minimum atomic E-state index is -2.97. The second-order valence-corrected chi connectivity index (χ2v) is 6.17. The Bertz CT molecular complexity index is 499. The summed E-state index contributed by atoms with van der Waals surface area (Å²) >= 11 is 0. The normalized spacial score (nSPS) is 11.5. The van der Waals surface area contributed by atoms with E-state index in [9.17, 15) is 8.42 Å². The van der Waals surface area contributed by atoms with Gasteiger partial charge in [-0.2, -0.15) is 0 Å². The van der Waals surface area contributed by atoms with Gasteiger partial charge in [0.15, 0.2) is 0 Å². The van der Waals surface area contributed by atoms with Crippen molar-refractivity contribution in [3.8, 4) is 0 Å². The topological polar surface area (TPSA) is 98.0 Å². The Morgan fingerprint density at radius 2 is 2.00 bits per heavy atom. The highest BCUT2D eigenvalue weighted by atomic mass is 32.2. The van der Waals surface area contributed by atoms with E-state index in [2.05, 4.69) is 15.3 Å². The van der Waals surface area contributed by atoms with Gasteiger partial charge >= 0.3 is 0 Å². The number of rotatable bonds is 5. The molecule has 3 N–H and O–H groups in total. The van der Waals surface area contributed by atoms with E-state index in [0.29, 0.717) is 30.4 Å². The highest BCUT2D eigenvalue weighted by Gasteiger charge is 2.08. The molecule has 6 nitrogen and oxygen atoms in total.